The summed E-state index contributed by atoms with van der Waals surface area (Å²) in [7, 11) is 0. The van der Waals surface area contributed by atoms with Crippen molar-refractivity contribution in [3.8, 4) is 5.75 Å². The predicted octanol–water partition coefficient (Wildman–Crippen LogP) is 5.01. The standard InChI is InChI=1S/C22H24N2OS/c25-20-6-5-17-3-1-2-4-18(17)19(20)13-23-24-21(26)22-10-14-7-15(11-22)9-16(8-14)12-22/h1-6,13-16,25H,7-12H2,(H,24,26). The predicted molar refractivity (Wildman–Crippen MR) is 110 cm³/mol. The third-order valence-electron chi connectivity index (χ3n) is 6.83. The lowest BCUT2D eigenvalue weighted by Gasteiger charge is -2.56. The van der Waals surface area contributed by atoms with Gasteiger partial charge >= 0.3 is 0 Å². The van der Waals surface area contributed by atoms with Crippen LogP contribution in [-0.2, 0) is 0 Å². The van der Waals surface area contributed by atoms with Gasteiger partial charge in [0.1, 0.15) is 10.7 Å². The number of hydrogen-bond acceptors (Lipinski definition) is 3. The summed E-state index contributed by atoms with van der Waals surface area (Å²) in [5, 5.41) is 16.8. The second-order valence-electron chi connectivity index (χ2n) is 8.62. The lowest BCUT2D eigenvalue weighted by Crippen LogP contribution is -2.52. The average molecular weight is 365 g/mol. The number of fused-ring (bicyclic) bond motifs is 1. The van der Waals surface area contributed by atoms with E-state index in [4.69, 9.17) is 12.2 Å². The van der Waals surface area contributed by atoms with E-state index in [1.807, 2.05) is 30.3 Å². The molecule has 4 fully saturated rings. The molecule has 4 saturated carbocycles. The van der Waals surface area contributed by atoms with Gasteiger partial charge in [0, 0.05) is 11.0 Å². The smallest absolute Gasteiger partial charge is 0.125 e. The highest BCUT2D eigenvalue weighted by atomic mass is 32.1. The van der Waals surface area contributed by atoms with Gasteiger partial charge in [0.25, 0.3) is 0 Å². The molecule has 0 saturated heterocycles. The molecule has 134 valence electrons. The van der Waals surface area contributed by atoms with Gasteiger partial charge in [0.15, 0.2) is 0 Å². The van der Waals surface area contributed by atoms with Crippen LogP contribution in [0.2, 0.25) is 0 Å². The zero-order chi connectivity index (χ0) is 17.7. The second-order valence-corrected chi connectivity index (χ2v) is 9.02. The molecule has 4 aliphatic carbocycles. The van der Waals surface area contributed by atoms with Crippen molar-refractivity contribution in [2.45, 2.75) is 38.5 Å². The molecule has 0 unspecified atom stereocenters. The highest BCUT2D eigenvalue weighted by Crippen LogP contribution is 2.60. The summed E-state index contributed by atoms with van der Waals surface area (Å²) < 4.78 is 0. The average Bonchev–Trinajstić information content (AvgIpc) is 2.62. The van der Waals surface area contributed by atoms with E-state index in [0.29, 0.717) is 0 Å². The largest absolute Gasteiger partial charge is 0.507 e. The third kappa shape index (κ3) is 2.62. The summed E-state index contributed by atoms with van der Waals surface area (Å²) in [6.07, 6.45) is 9.66. The zero-order valence-electron chi connectivity index (χ0n) is 14.8. The van der Waals surface area contributed by atoms with Gasteiger partial charge in [-0.1, -0.05) is 42.5 Å². The van der Waals surface area contributed by atoms with Crippen LogP contribution in [0.15, 0.2) is 41.5 Å². The van der Waals surface area contributed by atoms with Crippen molar-refractivity contribution < 1.29 is 5.11 Å². The first-order valence-corrected chi connectivity index (χ1v) is 10.1. The number of hydrazone groups is 1. The summed E-state index contributed by atoms with van der Waals surface area (Å²) in [5.41, 5.74) is 4.08. The number of nitrogens with one attached hydrogen (secondary N) is 1. The lowest BCUT2D eigenvalue weighted by molar-refractivity contribution is -0.0126. The molecule has 2 aromatic carbocycles. The van der Waals surface area contributed by atoms with Crippen molar-refractivity contribution in [2.75, 3.05) is 0 Å². The van der Waals surface area contributed by atoms with Gasteiger partial charge in [-0.05, 0) is 73.1 Å². The third-order valence-corrected chi connectivity index (χ3v) is 7.35. The number of benzene rings is 2. The van der Waals surface area contributed by atoms with E-state index in [9.17, 15) is 5.11 Å². The Balaban J connectivity index is 1.37. The number of phenols is 1. The number of thiocarbonyl (C=S) groups is 1. The topological polar surface area (TPSA) is 44.6 Å². The molecule has 4 heteroatoms. The van der Waals surface area contributed by atoms with E-state index in [-0.39, 0.29) is 11.2 Å². The fourth-order valence-electron chi connectivity index (χ4n) is 6.08. The molecule has 4 aliphatic rings. The summed E-state index contributed by atoms with van der Waals surface area (Å²) >= 11 is 5.80. The molecule has 3 nitrogen and oxygen atoms in total. The van der Waals surface area contributed by atoms with Crippen molar-refractivity contribution in [2.24, 2.45) is 28.3 Å². The molecule has 0 amide bonds. The van der Waals surface area contributed by atoms with E-state index in [1.54, 1.807) is 12.3 Å². The summed E-state index contributed by atoms with van der Waals surface area (Å²) in [6, 6.07) is 11.7. The first-order chi connectivity index (χ1) is 12.6. The van der Waals surface area contributed by atoms with E-state index in [2.05, 4.69) is 10.5 Å². The SMILES string of the molecule is Oc1ccc2ccccc2c1C=NNC(=S)C12CC3CC(CC(C3)C1)C2. The van der Waals surface area contributed by atoms with Crippen LogP contribution in [-0.4, -0.2) is 16.3 Å². The molecular weight excluding hydrogens is 340 g/mol. The summed E-state index contributed by atoms with van der Waals surface area (Å²) in [6.45, 7) is 0. The molecule has 2 N–H and O–H groups in total. The Bertz CT molecular complexity index is 869. The normalized spacial score (nSPS) is 32.4. The van der Waals surface area contributed by atoms with E-state index in [1.165, 1.54) is 38.5 Å². The molecule has 2 aromatic rings. The Morgan fingerprint density at radius 2 is 1.69 bits per heavy atom. The maximum absolute atomic E-state index is 10.3. The molecule has 0 heterocycles. The monoisotopic (exact) mass is 364 g/mol. The molecule has 26 heavy (non-hydrogen) atoms. The van der Waals surface area contributed by atoms with Gasteiger partial charge in [-0.2, -0.15) is 5.10 Å². The first-order valence-electron chi connectivity index (χ1n) is 9.67. The first kappa shape index (κ1) is 16.2. The van der Waals surface area contributed by atoms with Crippen LogP contribution < -0.4 is 5.43 Å². The maximum atomic E-state index is 10.3. The Hall–Kier alpha value is -1.94. The molecule has 0 spiro atoms. The number of hydrogen-bond donors (Lipinski definition) is 2. The highest BCUT2D eigenvalue weighted by Gasteiger charge is 2.52. The van der Waals surface area contributed by atoms with Crippen LogP contribution in [0.1, 0.15) is 44.1 Å². The van der Waals surface area contributed by atoms with Crippen LogP contribution in [0.4, 0.5) is 0 Å². The number of aromatic hydroxyl groups is 1. The van der Waals surface area contributed by atoms with E-state index >= 15 is 0 Å². The van der Waals surface area contributed by atoms with Gasteiger partial charge in [0.05, 0.1) is 6.21 Å². The van der Waals surface area contributed by atoms with Gasteiger partial charge in [-0.25, -0.2) is 0 Å². The van der Waals surface area contributed by atoms with Crippen molar-refractivity contribution in [1.29, 1.82) is 0 Å². The molecule has 0 aromatic heterocycles. The Labute approximate surface area is 159 Å². The number of phenolic OH excluding ortho intramolecular Hbond substituents is 1. The highest BCUT2D eigenvalue weighted by molar-refractivity contribution is 7.80. The van der Waals surface area contributed by atoms with Crippen molar-refractivity contribution in [1.82, 2.24) is 5.43 Å². The summed E-state index contributed by atoms with van der Waals surface area (Å²) in [5.74, 6) is 2.85. The maximum Gasteiger partial charge on any atom is 0.125 e. The van der Waals surface area contributed by atoms with Crippen LogP contribution in [0.3, 0.4) is 0 Å². The van der Waals surface area contributed by atoms with Gasteiger partial charge in [-0.15, -0.1) is 0 Å². The van der Waals surface area contributed by atoms with Crippen LogP contribution >= 0.6 is 12.2 Å². The minimum absolute atomic E-state index is 0.169. The molecule has 0 aliphatic heterocycles. The summed E-state index contributed by atoms with van der Waals surface area (Å²) in [4.78, 5) is 0.910. The van der Waals surface area contributed by atoms with Gasteiger partial charge in [-0.3, -0.25) is 5.43 Å². The minimum atomic E-state index is 0.169. The lowest BCUT2D eigenvalue weighted by atomic mass is 9.49. The molecule has 6 rings (SSSR count). The van der Waals surface area contributed by atoms with Crippen molar-refractivity contribution in [3.05, 3.63) is 42.0 Å². The Kier molecular flexibility index (Phi) is 3.78. The molecule has 4 bridgehead atoms. The van der Waals surface area contributed by atoms with Crippen LogP contribution in [0.25, 0.3) is 10.8 Å². The van der Waals surface area contributed by atoms with Crippen molar-refractivity contribution in [3.63, 3.8) is 0 Å². The second kappa shape index (κ2) is 6.05. The zero-order valence-corrected chi connectivity index (χ0v) is 15.6. The molecular formula is C22H24N2OS. The Morgan fingerprint density at radius 1 is 1.04 bits per heavy atom. The van der Waals surface area contributed by atoms with E-state index < -0.39 is 0 Å². The fraction of sp³-hybridized carbons (Fsp3) is 0.455. The minimum Gasteiger partial charge on any atom is -0.507 e. The number of nitrogens with zero attached hydrogens (tertiary/aromatic N) is 1. The van der Waals surface area contributed by atoms with Gasteiger partial charge in [0.2, 0.25) is 0 Å². The van der Waals surface area contributed by atoms with Crippen LogP contribution in [0, 0.1) is 23.2 Å². The molecule has 0 radical (unpaired) electrons. The van der Waals surface area contributed by atoms with Gasteiger partial charge < -0.3 is 5.11 Å². The fourth-order valence-corrected chi connectivity index (χ4v) is 6.39. The van der Waals surface area contributed by atoms with E-state index in [0.717, 1.165) is 39.1 Å². The number of rotatable bonds is 3. The Morgan fingerprint density at radius 3 is 2.38 bits per heavy atom. The quantitative estimate of drug-likeness (QED) is 0.457. The van der Waals surface area contributed by atoms with Crippen molar-refractivity contribution >= 4 is 34.2 Å². The molecule has 0 atom stereocenters. The van der Waals surface area contributed by atoms with Crippen LogP contribution in [0.5, 0.6) is 5.75 Å².